The van der Waals surface area contributed by atoms with Gasteiger partial charge in [0.15, 0.2) is 0 Å². The molecule has 1 amide bonds. The molecule has 3 rings (SSSR count). The van der Waals surface area contributed by atoms with Gasteiger partial charge in [-0.2, -0.15) is 13.9 Å². The second kappa shape index (κ2) is 7.00. The number of carbonyl (C=O) groups excluding carboxylic acids is 1. The number of alkyl halides is 2. The molecule has 2 heterocycles. The maximum atomic E-state index is 12.6. The summed E-state index contributed by atoms with van der Waals surface area (Å²) in [6.45, 7) is -1.89. The molecular formula is C17H17F2N3O3. The standard InChI is InChI=1S/C17H17F2N3O3/c18-17(19)22-10-12(9-20-22)15(23)21-7-5-11(6-8-21)13-3-1-2-4-14(13)16(24)25/h1-4,9-11,17H,5-8H2,(H,24,25). The minimum absolute atomic E-state index is 0.0557. The Hall–Kier alpha value is -2.77. The molecule has 2 aromatic rings. The predicted octanol–water partition coefficient (Wildman–Crippen LogP) is 3.00. The van der Waals surface area contributed by atoms with Crippen molar-refractivity contribution in [3.8, 4) is 0 Å². The highest BCUT2D eigenvalue weighted by atomic mass is 19.3. The summed E-state index contributed by atoms with van der Waals surface area (Å²) in [7, 11) is 0. The second-order valence-corrected chi connectivity index (χ2v) is 5.95. The number of carboxylic acid groups (broad SMARTS) is 1. The van der Waals surface area contributed by atoms with E-state index in [4.69, 9.17) is 0 Å². The normalized spacial score (nSPS) is 15.6. The maximum absolute atomic E-state index is 12.6. The summed E-state index contributed by atoms with van der Waals surface area (Å²) in [4.78, 5) is 25.3. The van der Waals surface area contributed by atoms with Crippen LogP contribution in [0.15, 0.2) is 36.7 Å². The number of amides is 1. The second-order valence-electron chi connectivity index (χ2n) is 5.95. The fourth-order valence-electron chi connectivity index (χ4n) is 3.18. The Labute approximate surface area is 142 Å². The van der Waals surface area contributed by atoms with Gasteiger partial charge in [0.1, 0.15) is 0 Å². The van der Waals surface area contributed by atoms with Gasteiger partial charge in [-0.25, -0.2) is 9.48 Å². The van der Waals surface area contributed by atoms with Gasteiger partial charge < -0.3 is 10.0 Å². The first-order valence-corrected chi connectivity index (χ1v) is 7.91. The van der Waals surface area contributed by atoms with Gasteiger partial charge in [-0.3, -0.25) is 4.79 Å². The molecule has 0 spiro atoms. The summed E-state index contributed by atoms with van der Waals surface area (Å²) in [6.07, 6.45) is 3.43. The monoisotopic (exact) mass is 349 g/mol. The van der Waals surface area contributed by atoms with Crippen LogP contribution in [0, 0.1) is 0 Å². The van der Waals surface area contributed by atoms with Gasteiger partial charge in [-0.15, -0.1) is 0 Å². The van der Waals surface area contributed by atoms with Gasteiger partial charge in [-0.1, -0.05) is 18.2 Å². The number of rotatable bonds is 4. The largest absolute Gasteiger partial charge is 0.478 e. The highest BCUT2D eigenvalue weighted by Gasteiger charge is 2.27. The van der Waals surface area contributed by atoms with E-state index in [9.17, 15) is 23.5 Å². The third kappa shape index (κ3) is 3.52. The highest BCUT2D eigenvalue weighted by Crippen LogP contribution is 2.31. The molecule has 25 heavy (non-hydrogen) atoms. The fourth-order valence-corrected chi connectivity index (χ4v) is 3.18. The molecule has 1 aliphatic rings. The average molecular weight is 349 g/mol. The van der Waals surface area contributed by atoms with E-state index in [2.05, 4.69) is 5.10 Å². The number of piperidine rings is 1. The van der Waals surface area contributed by atoms with Gasteiger partial charge in [-0.05, 0) is 30.4 Å². The van der Waals surface area contributed by atoms with Crippen LogP contribution in [0.3, 0.4) is 0 Å². The number of hydrogen-bond acceptors (Lipinski definition) is 3. The molecule has 1 fully saturated rings. The topological polar surface area (TPSA) is 75.4 Å². The van der Waals surface area contributed by atoms with Gasteiger partial charge in [0, 0.05) is 19.3 Å². The van der Waals surface area contributed by atoms with Gasteiger partial charge in [0.25, 0.3) is 5.91 Å². The summed E-state index contributed by atoms with van der Waals surface area (Å²) in [5, 5.41) is 12.8. The van der Waals surface area contributed by atoms with Crippen molar-refractivity contribution in [1.29, 1.82) is 0 Å². The molecule has 6 nitrogen and oxygen atoms in total. The molecule has 8 heteroatoms. The lowest BCUT2D eigenvalue weighted by molar-refractivity contribution is 0.0562. The number of benzene rings is 1. The Balaban J connectivity index is 1.67. The van der Waals surface area contributed by atoms with E-state index in [-0.39, 0.29) is 23.0 Å². The lowest BCUT2D eigenvalue weighted by Gasteiger charge is -2.32. The van der Waals surface area contributed by atoms with E-state index in [1.165, 1.54) is 0 Å². The zero-order valence-electron chi connectivity index (χ0n) is 13.3. The zero-order chi connectivity index (χ0) is 18.0. The summed E-state index contributed by atoms with van der Waals surface area (Å²) in [5.74, 6) is -1.24. The minimum atomic E-state index is -2.78. The van der Waals surface area contributed by atoms with Gasteiger partial charge in [0.2, 0.25) is 0 Å². The first-order valence-electron chi connectivity index (χ1n) is 7.91. The smallest absolute Gasteiger partial charge is 0.335 e. The summed E-state index contributed by atoms with van der Waals surface area (Å²) < 4.78 is 25.6. The lowest BCUT2D eigenvalue weighted by Crippen LogP contribution is -2.38. The lowest BCUT2D eigenvalue weighted by atomic mass is 9.86. The third-order valence-corrected chi connectivity index (χ3v) is 4.46. The molecule has 1 aromatic heterocycles. The molecule has 1 aromatic carbocycles. The molecule has 1 aliphatic heterocycles. The first kappa shape index (κ1) is 17.1. The van der Waals surface area contributed by atoms with E-state index in [1.54, 1.807) is 29.2 Å². The molecule has 0 aliphatic carbocycles. The molecule has 0 bridgehead atoms. The highest BCUT2D eigenvalue weighted by molar-refractivity contribution is 5.94. The Kier molecular flexibility index (Phi) is 4.78. The summed E-state index contributed by atoms with van der Waals surface area (Å²) >= 11 is 0. The average Bonchev–Trinajstić information content (AvgIpc) is 3.11. The maximum Gasteiger partial charge on any atom is 0.335 e. The molecule has 1 saturated heterocycles. The van der Waals surface area contributed by atoms with Gasteiger partial charge in [0.05, 0.1) is 17.3 Å². The zero-order valence-corrected chi connectivity index (χ0v) is 13.3. The van der Waals surface area contributed by atoms with E-state index in [0.29, 0.717) is 30.6 Å². The van der Waals surface area contributed by atoms with Crippen molar-refractivity contribution in [2.75, 3.05) is 13.1 Å². The summed E-state index contributed by atoms with van der Waals surface area (Å²) in [6, 6.07) is 6.87. The van der Waals surface area contributed by atoms with Crippen LogP contribution in [0.25, 0.3) is 0 Å². The molecule has 0 unspecified atom stereocenters. The van der Waals surface area contributed by atoms with Crippen molar-refractivity contribution in [3.63, 3.8) is 0 Å². The Morgan fingerprint density at radius 1 is 1.20 bits per heavy atom. The van der Waals surface area contributed by atoms with Crippen LogP contribution in [-0.2, 0) is 0 Å². The SMILES string of the molecule is O=C(O)c1ccccc1C1CCN(C(=O)c2cnn(C(F)F)c2)CC1. The Morgan fingerprint density at radius 2 is 1.88 bits per heavy atom. The number of carboxylic acids is 1. The summed E-state index contributed by atoms with van der Waals surface area (Å²) in [5.41, 5.74) is 1.18. The van der Waals surface area contributed by atoms with Crippen molar-refractivity contribution in [2.45, 2.75) is 25.3 Å². The van der Waals surface area contributed by atoms with E-state index < -0.39 is 12.5 Å². The molecule has 132 valence electrons. The predicted molar refractivity (Wildman–Crippen MR) is 84.8 cm³/mol. The van der Waals surface area contributed by atoms with Crippen LogP contribution in [0.5, 0.6) is 0 Å². The number of aromatic carboxylic acids is 1. The Bertz CT molecular complexity index is 783. The fraction of sp³-hybridized carbons (Fsp3) is 0.353. The van der Waals surface area contributed by atoms with Crippen LogP contribution in [-0.4, -0.2) is 44.8 Å². The van der Waals surface area contributed by atoms with E-state index in [1.807, 2.05) is 0 Å². The first-order chi connectivity index (χ1) is 12.0. The van der Waals surface area contributed by atoms with Crippen molar-refractivity contribution in [3.05, 3.63) is 53.3 Å². The van der Waals surface area contributed by atoms with E-state index in [0.717, 1.165) is 18.0 Å². The molecule has 0 atom stereocenters. The van der Waals surface area contributed by atoms with E-state index >= 15 is 0 Å². The van der Waals surface area contributed by atoms with Crippen molar-refractivity contribution < 1.29 is 23.5 Å². The van der Waals surface area contributed by atoms with Gasteiger partial charge >= 0.3 is 12.5 Å². The molecule has 0 radical (unpaired) electrons. The quantitative estimate of drug-likeness (QED) is 0.921. The van der Waals surface area contributed by atoms with Crippen LogP contribution in [0.1, 0.15) is 51.6 Å². The van der Waals surface area contributed by atoms with Crippen LogP contribution < -0.4 is 0 Å². The molecule has 0 saturated carbocycles. The van der Waals surface area contributed by atoms with Crippen molar-refractivity contribution >= 4 is 11.9 Å². The van der Waals surface area contributed by atoms with Crippen LogP contribution in [0.4, 0.5) is 8.78 Å². The number of carbonyl (C=O) groups is 2. The van der Waals surface area contributed by atoms with Crippen molar-refractivity contribution in [1.82, 2.24) is 14.7 Å². The van der Waals surface area contributed by atoms with Crippen molar-refractivity contribution in [2.24, 2.45) is 0 Å². The number of halogens is 2. The number of hydrogen-bond donors (Lipinski definition) is 1. The number of nitrogens with zero attached hydrogens (tertiary/aromatic N) is 3. The van der Waals surface area contributed by atoms with Crippen LogP contribution >= 0.6 is 0 Å². The molecular weight excluding hydrogens is 332 g/mol. The molecule has 1 N–H and O–H groups in total. The number of aromatic nitrogens is 2. The van der Waals surface area contributed by atoms with Crippen LogP contribution in [0.2, 0.25) is 0 Å². The minimum Gasteiger partial charge on any atom is -0.478 e. The Morgan fingerprint density at radius 3 is 2.48 bits per heavy atom. The third-order valence-electron chi connectivity index (χ3n) is 4.46. The number of likely N-dealkylation sites (tertiary alicyclic amines) is 1.